The Morgan fingerprint density at radius 1 is 1.23 bits per heavy atom. The molecule has 1 aromatic rings. The molecule has 0 bridgehead atoms. The van der Waals surface area contributed by atoms with Crippen LogP contribution in [0.25, 0.3) is 5.57 Å². The van der Waals surface area contributed by atoms with E-state index in [0.29, 0.717) is 19.2 Å². The van der Waals surface area contributed by atoms with E-state index in [1.807, 2.05) is 6.07 Å². The highest BCUT2D eigenvalue weighted by molar-refractivity contribution is 6.21. The van der Waals surface area contributed by atoms with E-state index in [1.54, 1.807) is 7.11 Å². The first-order valence-corrected chi connectivity index (χ1v) is 10.2. The van der Waals surface area contributed by atoms with Crippen LogP contribution in [0.15, 0.2) is 30.3 Å². The van der Waals surface area contributed by atoms with E-state index in [9.17, 15) is 18.0 Å². The highest BCUT2D eigenvalue weighted by Gasteiger charge is 2.42. The molecule has 6 nitrogen and oxygen atoms in total. The Hall–Kier alpha value is -2.39. The lowest BCUT2D eigenvalue weighted by molar-refractivity contribution is -0.192. The number of carboxylic acids is 1. The molecule has 1 fully saturated rings. The number of allylic oxidation sites excluding steroid dienone is 1. The number of carbonyl (C=O) groups excluding carboxylic acids is 1. The van der Waals surface area contributed by atoms with Crippen LogP contribution in [0.1, 0.15) is 37.8 Å². The maximum absolute atomic E-state index is 12.6. The van der Waals surface area contributed by atoms with E-state index in [0.717, 1.165) is 37.1 Å². The number of carbonyl (C=O) groups is 2. The summed E-state index contributed by atoms with van der Waals surface area (Å²) in [5.41, 5.74) is 3.28. The number of methoxy groups -OCH3 is 1. The van der Waals surface area contributed by atoms with E-state index in [-0.39, 0.29) is 11.3 Å². The maximum Gasteiger partial charge on any atom is 0.490 e. The number of likely N-dealkylation sites (tertiary alicyclic amines) is 1. The largest absolute Gasteiger partial charge is 0.490 e. The number of rotatable bonds is 5. The second-order valence-corrected chi connectivity index (χ2v) is 7.94. The molecule has 2 N–H and O–H groups in total. The number of nitrogens with one attached hydrogen (secondary N) is 1. The van der Waals surface area contributed by atoms with Gasteiger partial charge in [-0.2, -0.15) is 13.2 Å². The number of nitrogens with zero attached hydrogens (tertiary/aromatic N) is 1. The van der Waals surface area contributed by atoms with Gasteiger partial charge in [-0.15, -0.1) is 0 Å². The van der Waals surface area contributed by atoms with Crippen LogP contribution in [0, 0.1) is 0 Å². The highest BCUT2D eigenvalue weighted by atomic mass is 19.4. The number of hydrogen-bond acceptors (Lipinski definition) is 4. The molecule has 0 saturated carbocycles. The van der Waals surface area contributed by atoms with Gasteiger partial charge in [0.25, 0.3) is 5.91 Å². The van der Waals surface area contributed by atoms with Gasteiger partial charge in [-0.1, -0.05) is 30.3 Å². The van der Waals surface area contributed by atoms with Crippen molar-refractivity contribution in [3.63, 3.8) is 0 Å². The van der Waals surface area contributed by atoms with Crippen LogP contribution < -0.4 is 5.32 Å². The summed E-state index contributed by atoms with van der Waals surface area (Å²) in [6.45, 7) is 7.76. The minimum absolute atomic E-state index is 0.0164. The average molecular weight is 442 g/mol. The van der Waals surface area contributed by atoms with Crippen LogP contribution in [0.5, 0.6) is 0 Å². The first-order chi connectivity index (χ1) is 14.5. The van der Waals surface area contributed by atoms with Gasteiger partial charge in [0, 0.05) is 30.7 Å². The quantitative estimate of drug-likeness (QED) is 0.685. The van der Waals surface area contributed by atoms with Gasteiger partial charge < -0.3 is 20.1 Å². The number of amides is 1. The van der Waals surface area contributed by atoms with Crippen LogP contribution in [0.4, 0.5) is 13.2 Å². The summed E-state index contributed by atoms with van der Waals surface area (Å²) in [6.07, 6.45) is -0.689. The van der Waals surface area contributed by atoms with Gasteiger partial charge in [0.1, 0.15) is 0 Å². The third-order valence-electron chi connectivity index (χ3n) is 5.67. The SMILES string of the molecule is COCCNC(=O)C1=CC2(CCN(C(C)C)CC2)c2ccccc21.O=C(O)C(F)(F)F. The molecule has 1 amide bonds. The number of aliphatic carboxylic acids is 1. The molecule has 31 heavy (non-hydrogen) atoms. The standard InChI is InChI=1S/C20H28N2O2.C2HF3O2/c1-15(2)22-11-8-20(9-12-22)14-17(19(23)21-10-13-24-3)16-6-4-5-7-18(16)20;3-2(4,5)1(6)7/h4-7,14-15H,8-13H2,1-3H3,(H,21,23);(H,6,7). The fourth-order valence-electron chi connectivity index (χ4n) is 3.99. The third-order valence-corrected chi connectivity index (χ3v) is 5.67. The summed E-state index contributed by atoms with van der Waals surface area (Å²) in [7, 11) is 1.65. The Kier molecular flexibility index (Phi) is 8.25. The summed E-state index contributed by atoms with van der Waals surface area (Å²) in [5.74, 6) is -2.74. The fourth-order valence-corrected chi connectivity index (χ4v) is 3.99. The van der Waals surface area contributed by atoms with Crippen molar-refractivity contribution in [3.05, 3.63) is 41.5 Å². The molecular weight excluding hydrogens is 413 g/mol. The van der Waals surface area contributed by atoms with Gasteiger partial charge >= 0.3 is 12.1 Å². The van der Waals surface area contributed by atoms with Crippen LogP contribution in [-0.4, -0.2) is 67.5 Å². The third kappa shape index (κ3) is 6.07. The van der Waals surface area contributed by atoms with Crippen molar-refractivity contribution < 1.29 is 32.6 Å². The Morgan fingerprint density at radius 3 is 2.32 bits per heavy atom. The van der Waals surface area contributed by atoms with Gasteiger partial charge in [0.2, 0.25) is 0 Å². The van der Waals surface area contributed by atoms with Gasteiger partial charge in [-0.3, -0.25) is 4.79 Å². The van der Waals surface area contributed by atoms with Crippen molar-refractivity contribution in [1.29, 1.82) is 0 Å². The van der Waals surface area contributed by atoms with Crippen molar-refractivity contribution in [1.82, 2.24) is 10.2 Å². The number of benzene rings is 1. The number of carboxylic acid groups (broad SMARTS) is 1. The van der Waals surface area contributed by atoms with Gasteiger partial charge in [-0.05, 0) is 50.9 Å². The number of hydrogen-bond donors (Lipinski definition) is 2. The number of alkyl halides is 3. The van der Waals surface area contributed by atoms with E-state index in [4.69, 9.17) is 14.6 Å². The predicted molar refractivity (Wildman–Crippen MR) is 111 cm³/mol. The van der Waals surface area contributed by atoms with Gasteiger partial charge in [0.15, 0.2) is 0 Å². The molecule has 3 rings (SSSR count). The molecule has 0 atom stereocenters. The first kappa shape index (κ1) is 24.9. The van der Waals surface area contributed by atoms with Crippen LogP contribution >= 0.6 is 0 Å². The summed E-state index contributed by atoms with van der Waals surface area (Å²) in [4.78, 5) is 24.1. The second kappa shape index (κ2) is 10.3. The molecule has 9 heteroatoms. The molecule has 172 valence electrons. The molecule has 1 aliphatic carbocycles. The van der Waals surface area contributed by atoms with Crippen molar-refractivity contribution in [2.24, 2.45) is 0 Å². The summed E-state index contributed by atoms with van der Waals surface area (Å²) in [5, 5.41) is 10.1. The van der Waals surface area contributed by atoms with Crippen molar-refractivity contribution in [3.8, 4) is 0 Å². The summed E-state index contributed by atoms with van der Waals surface area (Å²) in [6, 6.07) is 8.99. The average Bonchev–Trinajstić information content (AvgIpc) is 3.03. The molecule has 0 unspecified atom stereocenters. The van der Waals surface area contributed by atoms with Crippen LogP contribution in [0.2, 0.25) is 0 Å². The van der Waals surface area contributed by atoms with E-state index >= 15 is 0 Å². The fraction of sp³-hybridized carbons (Fsp3) is 0.545. The molecular formula is C22H29F3N2O4. The molecule has 2 aliphatic rings. The smallest absolute Gasteiger partial charge is 0.475 e. The van der Waals surface area contributed by atoms with Gasteiger partial charge in [-0.25, -0.2) is 4.79 Å². The molecule has 1 aromatic carbocycles. The lowest BCUT2D eigenvalue weighted by Crippen LogP contribution is -2.44. The Bertz CT molecular complexity index is 813. The van der Waals surface area contributed by atoms with Crippen molar-refractivity contribution in [2.75, 3.05) is 33.4 Å². The molecule has 0 radical (unpaired) electrons. The Labute approximate surface area is 180 Å². The number of piperidine rings is 1. The van der Waals surface area contributed by atoms with Crippen LogP contribution in [-0.2, 0) is 19.7 Å². The van der Waals surface area contributed by atoms with Crippen molar-refractivity contribution >= 4 is 17.4 Å². The summed E-state index contributed by atoms with van der Waals surface area (Å²) >= 11 is 0. The van der Waals surface area contributed by atoms with E-state index in [2.05, 4.69) is 48.3 Å². The maximum atomic E-state index is 12.6. The highest BCUT2D eigenvalue weighted by Crippen LogP contribution is 2.47. The van der Waals surface area contributed by atoms with E-state index < -0.39 is 12.1 Å². The van der Waals surface area contributed by atoms with Crippen LogP contribution in [0.3, 0.4) is 0 Å². The topological polar surface area (TPSA) is 78.9 Å². The summed E-state index contributed by atoms with van der Waals surface area (Å²) < 4.78 is 36.8. The first-order valence-electron chi connectivity index (χ1n) is 10.2. The molecule has 1 aliphatic heterocycles. The molecule has 1 spiro atoms. The molecule has 1 heterocycles. The monoisotopic (exact) mass is 442 g/mol. The predicted octanol–water partition coefficient (Wildman–Crippen LogP) is 3.22. The Morgan fingerprint density at radius 2 is 1.81 bits per heavy atom. The minimum atomic E-state index is -5.08. The Balaban J connectivity index is 0.000000423. The second-order valence-electron chi connectivity index (χ2n) is 7.94. The minimum Gasteiger partial charge on any atom is -0.475 e. The van der Waals surface area contributed by atoms with Crippen molar-refractivity contribution in [2.45, 2.75) is 44.3 Å². The number of ether oxygens (including phenoxy) is 1. The zero-order valence-corrected chi connectivity index (χ0v) is 18.0. The zero-order chi connectivity index (χ0) is 23.2. The lowest BCUT2D eigenvalue weighted by Gasteiger charge is -2.41. The van der Waals surface area contributed by atoms with Gasteiger partial charge in [0.05, 0.1) is 6.61 Å². The lowest BCUT2D eigenvalue weighted by atomic mass is 9.74. The normalized spacial score (nSPS) is 17.6. The zero-order valence-electron chi connectivity index (χ0n) is 18.0. The van der Waals surface area contributed by atoms with E-state index in [1.165, 1.54) is 5.56 Å². The molecule has 1 saturated heterocycles. The molecule has 0 aromatic heterocycles. The number of halogens is 3. The number of fused-ring (bicyclic) bond motifs is 2.